The van der Waals surface area contributed by atoms with E-state index in [1.54, 1.807) is 0 Å². The number of nitrogens with one attached hydrogen (secondary N) is 1. The summed E-state index contributed by atoms with van der Waals surface area (Å²) in [6.45, 7) is -0.417. The van der Waals surface area contributed by atoms with E-state index in [-0.39, 0.29) is 31.1 Å². The molecule has 2 amide bonds. The largest absolute Gasteiger partial charge is 0.496 e. The Bertz CT molecular complexity index is 1250. The van der Waals surface area contributed by atoms with Crippen molar-refractivity contribution in [1.29, 1.82) is 0 Å². The van der Waals surface area contributed by atoms with E-state index in [1.165, 1.54) is 31.4 Å². The van der Waals surface area contributed by atoms with Gasteiger partial charge in [-0.1, -0.05) is 11.6 Å². The van der Waals surface area contributed by atoms with Gasteiger partial charge in [-0.15, -0.1) is 0 Å². The summed E-state index contributed by atoms with van der Waals surface area (Å²) < 4.78 is 45.9. The van der Waals surface area contributed by atoms with E-state index in [9.17, 15) is 32.3 Å². The molecule has 1 heterocycles. The minimum absolute atomic E-state index is 0.121. The van der Waals surface area contributed by atoms with Crippen LogP contribution in [0.1, 0.15) is 12.0 Å². The molecule has 2 aromatic carbocycles. The standard InChI is InChI=1S/C21H18ClFN2O7S/c1-32-18-7-4-15(23)9-12(18)8-13-11-24-20(28)17(10-19(26)27)25(21(13)29)33(30,31)16-5-2-14(22)3-6-16/h2-9,17H,10-11H2,1H3,(H,24,28)(H,26,27)/t17-/m1/s1. The number of methoxy groups -OCH3 is 1. The van der Waals surface area contributed by atoms with Gasteiger partial charge in [-0.05, 0) is 48.5 Å². The maximum atomic E-state index is 13.8. The molecular weight excluding hydrogens is 479 g/mol. The lowest BCUT2D eigenvalue weighted by molar-refractivity contribution is -0.141. The molecule has 1 aliphatic heterocycles. The Morgan fingerprint density at radius 3 is 2.55 bits per heavy atom. The third kappa shape index (κ3) is 5.15. The summed E-state index contributed by atoms with van der Waals surface area (Å²) in [7, 11) is -3.35. The third-order valence-corrected chi connectivity index (χ3v) is 6.83. The molecule has 0 aromatic heterocycles. The van der Waals surface area contributed by atoms with Gasteiger partial charge in [-0.2, -0.15) is 0 Å². The van der Waals surface area contributed by atoms with Crippen LogP contribution in [-0.2, 0) is 24.4 Å². The maximum absolute atomic E-state index is 13.8. The van der Waals surface area contributed by atoms with Crippen molar-refractivity contribution in [2.24, 2.45) is 0 Å². The van der Waals surface area contributed by atoms with Gasteiger partial charge in [0.05, 0.1) is 18.4 Å². The number of carbonyl (C=O) groups is 3. The Hall–Kier alpha value is -3.44. The maximum Gasteiger partial charge on any atom is 0.306 e. The predicted octanol–water partition coefficient (Wildman–Crippen LogP) is 2.06. The quantitative estimate of drug-likeness (QED) is 0.585. The fourth-order valence-electron chi connectivity index (χ4n) is 3.22. The number of sulfonamides is 1. The molecule has 2 N–H and O–H groups in total. The van der Waals surface area contributed by atoms with Crippen LogP contribution in [0.3, 0.4) is 0 Å². The average Bonchev–Trinajstić information content (AvgIpc) is 2.86. The lowest BCUT2D eigenvalue weighted by Gasteiger charge is -2.27. The van der Waals surface area contributed by atoms with Gasteiger partial charge in [0.25, 0.3) is 15.9 Å². The molecule has 0 radical (unpaired) electrons. The van der Waals surface area contributed by atoms with Gasteiger partial charge >= 0.3 is 5.97 Å². The second-order valence-electron chi connectivity index (χ2n) is 6.95. The molecule has 0 spiro atoms. The van der Waals surface area contributed by atoms with Gasteiger partial charge in [0.2, 0.25) is 5.91 Å². The molecule has 9 nitrogen and oxygen atoms in total. The molecule has 2 aromatic rings. The first-order valence-corrected chi connectivity index (χ1v) is 11.2. The van der Waals surface area contributed by atoms with Crippen LogP contribution in [0.4, 0.5) is 4.39 Å². The number of hydrogen-bond acceptors (Lipinski definition) is 6. The van der Waals surface area contributed by atoms with Crippen LogP contribution in [0.2, 0.25) is 5.02 Å². The number of nitrogens with zero attached hydrogens (tertiary/aromatic N) is 1. The molecule has 0 unspecified atom stereocenters. The topological polar surface area (TPSA) is 130 Å². The number of halogens is 2. The molecule has 174 valence electrons. The van der Waals surface area contributed by atoms with Crippen molar-refractivity contribution in [3.8, 4) is 5.75 Å². The van der Waals surface area contributed by atoms with Crippen LogP contribution in [0.25, 0.3) is 6.08 Å². The summed E-state index contributed by atoms with van der Waals surface area (Å²) in [5.41, 5.74) is -0.103. The lowest BCUT2D eigenvalue weighted by atomic mass is 10.1. The molecule has 0 bridgehead atoms. The van der Waals surface area contributed by atoms with Crippen LogP contribution in [0.5, 0.6) is 5.75 Å². The number of amides is 2. The SMILES string of the molecule is COc1ccc(F)cc1C=C1CNC(=O)[C@@H](CC(=O)O)N(S(=O)(=O)c2ccc(Cl)cc2)C1=O. The van der Waals surface area contributed by atoms with Gasteiger partial charge in [-0.3, -0.25) is 14.4 Å². The first-order valence-electron chi connectivity index (χ1n) is 9.42. The van der Waals surface area contributed by atoms with Gasteiger partial charge in [-0.25, -0.2) is 17.1 Å². The molecule has 0 saturated carbocycles. The first-order chi connectivity index (χ1) is 15.5. The van der Waals surface area contributed by atoms with Crippen LogP contribution in [-0.4, -0.2) is 55.3 Å². The summed E-state index contributed by atoms with van der Waals surface area (Å²) >= 11 is 5.81. The van der Waals surface area contributed by atoms with Crippen molar-refractivity contribution in [1.82, 2.24) is 9.62 Å². The molecule has 0 aliphatic carbocycles. The van der Waals surface area contributed by atoms with E-state index < -0.39 is 52.6 Å². The monoisotopic (exact) mass is 496 g/mol. The molecule has 1 aliphatic rings. The normalized spacial score (nSPS) is 18.1. The summed E-state index contributed by atoms with van der Waals surface area (Å²) in [6.07, 6.45) is 0.221. The Kier molecular flexibility index (Phi) is 7.04. The Labute approximate surface area is 193 Å². The second kappa shape index (κ2) is 9.59. The molecule has 3 rings (SSSR count). The van der Waals surface area contributed by atoms with Crippen molar-refractivity contribution in [2.45, 2.75) is 17.4 Å². The van der Waals surface area contributed by atoms with Crippen molar-refractivity contribution < 1.29 is 37.0 Å². The zero-order valence-electron chi connectivity index (χ0n) is 17.1. The summed E-state index contributed by atoms with van der Waals surface area (Å²) in [5.74, 6) is -4.04. The molecule has 33 heavy (non-hydrogen) atoms. The summed E-state index contributed by atoms with van der Waals surface area (Å²) in [4.78, 5) is 37.0. The molecule has 1 atom stereocenters. The minimum Gasteiger partial charge on any atom is -0.496 e. The van der Waals surface area contributed by atoms with Crippen molar-refractivity contribution >= 4 is 45.5 Å². The number of carboxylic acid groups (broad SMARTS) is 1. The fourth-order valence-corrected chi connectivity index (χ4v) is 4.90. The third-order valence-electron chi connectivity index (χ3n) is 4.77. The van der Waals surface area contributed by atoms with Crippen LogP contribution < -0.4 is 10.1 Å². The number of carboxylic acids is 1. The smallest absolute Gasteiger partial charge is 0.306 e. The van der Waals surface area contributed by atoms with E-state index in [0.717, 1.165) is 24.3 Å². The van der Waals surface area contributed by atoms with E-state index in [0.29, 0.717) is 0 Å². The fraction of sp³-hybridized carbons (Fsp3) is 0.190. The Balaban J connectivity index is 2.18. The summed E-state index contributed by atoms with van der Waals surface area (Å²) in [5, 5.41) is 11.8. The first kappa shape index (κ1) is 24.2. The number of ether oxygens (including phenoxy) is 1. The highest BCUT2D eigenvalue weighted by atomic mass is 35.5. The number of hydrogen-bond donors (Lipinski definition) is 2. The highest BCUT2D eigenvalue weighted by molar-refractivity contribution is 7.89. The Morgan fingerprint density at radius 2 is 1.94 bits per heavy atom. The van der Waals surface area contributed by atoms with Crippen LogP contribution >= 0.6 is 11.6 Å². The zero-order chi connectivity index (χ0) is 24.3. The van der Waals surface area contributed by atoms with Crippen LogP contribution in [0.15, 0.2) is 52.9 Å². The van der Waals surface area contributed by atoms with E-state index in [2.05, 4.69) is 5.32 Å². The number of carbonyl (C=O) groups excluding carboxylic acids is 2. The van der Waals surface area contributed by atoms with Crippen LogP contribution in [0, 0.1) is 5.82 Å². The predicted molar refractivity (Wildman–Crippen MR) is 115 cm³/mol. The van der Waals surface area contributed by atoms with Gasteiger partial charge in [0.15, 0.2) is 0 Å². The molecule has 1 fully saturated rings. The van der Waals surface area contributed by atoms with E-state index in [4.69, 9.17) is 16.3 Å². The Morgan fingerprint density at radius 1 is 1.27 bits per heavy atom. The highest BCUT2D eigenvalue weighted by Crippen LogP contribution is 2.28. The van der Waals surface area contributed by atoms with Gasteiger partial charge in [0, 0.05) is 22.7 Å². The number of aliphatic carboxylic acids is 1. The van der Waals surface area contributed by atoms with E-state index >= 15 is 0 Å². The molecule has 12 heteroatoms. The number of benzene rings is 2. The lowest BCUT2D eigenvalue weighted by Crippen LogP contribution is -2.50. The zero-order valence-corrected chi connectivity index (χ0v) is 18.7. The minimum atomic E-state index is -4.67. The molecular formula is C21H18ClFN2O7S. The second-order valence-corrected chi connectivity index (χ2v) is 9.20. The van der Waals surface area contributed by atoms with Gasteiger partial charge < -0.3 is 15.2 Å². The average molecular weight is 497 g/mol. The highest BCUT2D eigenvalue weighted by Gasteiger charge is 2.44. The summed E-state index contributed by atoms with van der Waals surface area (Å²) in [6, 6.07) is 6.48. The van der Waals surface area contributed by atoms with E-state index in [1.807, 2.05) is 0 Å². The van der Waals surface area contributed by atoms with Crippen molar-refractivity contribution in [3.63, 3.8) is 0 Å². The van der Waals surface area contributed by atoms with Crippen molar-refractivity contribution in [3.05, 3.63) is 64.4 Å². The number of rotatable bonds is 6. The molecule has 1 saturated heterocycles. The van der Waals surface area contributed by atoms with Crippen molar-refractivity contribution in [2.75, 3.05) is 13.7 Å². The van der Waals surface area contributed by atoms with Gasteiger partial charge in [0.1, 0.15) is 17.6 Å².